The summed E-state index contributed by atoms with van der Waals surface area (Å²) >= 11 is 0. The molecule has 0 unspecified atom stereocenters. The number of nitrogens with zero attached hydrogens (tertiary/aromatic N) is 2. The Morgan fingerprint density at radius 2 is 1.85 bits per heavy atom. The molecule has 3 aromatic rings. The summed E-state index contributed by atoms with van der Waals surface area (Å²) in [6.07, 6.45) is 3.60. The van der Waals surface area contributed by atoms with Gasteiger partial charge in [0.1, 0.15) is 5.82 Å². The number of unbranched alkanes of at least 4 members (excludes halogenated alkanes) is 2. The number of hydrogen-bond acceptors (Lipinski definition) is 3. The van der Waals surface area contributed by atoms with Crippen molar-refractivity contribution in [2.75, 3.05) is 6.54 Å². The van der Waals surface area contributed by atoms with Gasteiger partial charge in [0.2, 0.25) is 0 Å². The average molecular weight is 363 g/mol. The number of rotatable bonds is 9. The number of nitrogens with two attached hydrogens (primary N) is 1. The van der Waals surface area contributed by atoms with E-state index in [-0.39, 0.29) is 0 Å². The van der Waals surface area contributed by atoms with Gasteiger partial charge in [-0.2, -0.15) is 0 Å². The summed E-state index contributed by atoms with van der Waals surface area (Å²) in [6, 6.07) is 15.2. The monoisotopic (exact) mass is 362 g/mol. The lowest BCUT2D eigenvalue weighted by Crippen LogP contribution is -2.22. The van der Waals surface area contributed by atoms with Gasteiger partial charge < -0.3 is 15.6 Å². The minimum atomic E-state index is 0.604. The molecular formula is C23H30N4. The lowest BCUT2D eigenvalue weighted by atomic mass is 10.0. The number of fused-ring (bicyclic) bond motifs is 1. The van der Waals surface area contributed by atoms with Crippen LogP contribution in [-0.4, -0.2) is 16.1 Å². The van der Waals surface area contributed by atoms with E-state index < -0.39 is 0 Å². The minimum absolute atomic E-state index is 0.604. The first-order valence-corrected chi connectivity index (χ1v) is 9.78. The molecule has 0 saturated carbocycles. The van der Waals surface area contributed by atoms with Gasteiger partial charge in [-0.05, 0) is 36.6 Å². The van der Waals surface area contributed by atoms with E-state index >= 15 is 0 Å². The van der Waals surface area contributed by atoms with Crippen molar-refractivity contribution in [3.8, 4) is 11.1 Å². The molecule has 0 aliphatic carbocycles. The Labute approximate surface area is 162 Å². The molecule has 3 N–H and O–H groups in total. The number of hydrogen-bond donors (Lipinski definition) is 2. The highest BCUT2D eigenvalue weighted by Crippen LogP contribution is 2.26. The summed E-state index contributed by atoms with van der Waals surface area (Å²) in [4.78, 5) is 4.87. The Bertz CT molecular complexity index is 906. The van der Waals surface area contributed by atoms with Crippen LogP contribution in [0, 0.1) is 6.92 Å². The molecule has 0 atom stereocenters. The van der Waals surface area contributed by atoms with Crippen molar-refractivity contribution in [1.29, 1.82) is 0 Å². The third kappa shape index (κ3) is 4.77. The number of imidazole rings is 1. The number of aryl methyl sites for hydroxylation is 2. The van der Waals surface area contributed by atoms with Crippen molar-refractivity contribution in [3.05, 3.63) is 66.1 Å². The van der Waals surface area contributed by atoms with Gasteiger partial charge in [0.25, 0.3) is 0 Å². The highest BCUT2D eigenvalue weighted by Gasteiger charge is 2.12. The van der Waals surface area contributed by atoms with E-state index in [0.717, 1.165) is 24.3 Å². The molecule has 4 heteroatoms. The van der Waals surface area contributed by atoms with E-state index in [9.17, 15) is 0 Å². The quantitative estimate of drug-likeness (QED) is 0.539. The molecule has 0 aliphatic heterocycles. The third-order valence-corrected chi connectivity index (χ3v) is 4.83. The maximum Gasteiger partial charge on any atom is 0.123 e. The summed E-state index contributed by atoms with van der Waals surface area (Å²) in [5, 5.41) is 3.34. The highest BCUT2D eigenvalue weighted by atomic mass is 15.1. The standard InChI is InChI=1S/C23H30N4/c1-4-5-6-13-27-22-14-20(19-9-7-17(2)8-10-19)11-12-21(22)26-23(27)16-25-15-18(3)24/h7-12,14,25H,3-6,13,15-16,24H2,1-2H3. The molecule has 0 radical (unpaired) electrons. The zero-order chi connectivity index (χ0) is 19.2. The van der Waals surface area contributed by atoms with Crippen LogP contribution >= 0.6 is 0 Å². The van der Waals surface area contributed by atoms with Crippen LogP contribution in [0.25, 0.3) is 22.2 Å². The topological polar surface area (TPSA) is 55.9 Å². The molecule has 3 rings (SSSR count). The normalized spacial score (nSPS) is 11.2. The van der Waals surface area contributed by atoms with Crippen LogP contribution in [0.3, 0.4) is 0 Å². The molecule has 0 spiro atoms. The average Bonchev–Trinajstić information content (AvgIpc) is 2.99. The molecule has 27 heavy (non-hydrogen) atoms. The fourth-order valence-corrected chi connectivity index (χ4v) is 3.34. The molecular weight excluding hydrogens is 332 g/mol. The van der Waals surface area contributed by atoms with Gasteiger partial charge in [0.15, 0.2) is 0 Å². The van der Waals surface area contributed by atoms with E-state index in [1.165, 1.54) is 35.0 Å². The Hall–Kier alpha value is -2.59. The van der Waals surface area contributed by atoms with Gasteiger partial charge >= 0.3 is 0 Å². The van der Waals surface area contributed by atoms with Gasteiger partial charge in [-0.25, -0.2) is 4.98 Å². The van der Waals surface area contributed by atoms with Gasteiger partial charge in [-0.3, -0.25) is 0 Å². The maximum absolute atomic E-state index is 5.68. The van der Waals surface area contributed by atoms with Crippen LogP contribution in [0.15, 0.2) is 54.7 Å². The largest absolute Gasteiger partial charge is 0.401 e. The van der Waals surface area contributed by atoms with Crippen LogP contribution in [0.1, 0.15) is 37.6 Å². The number of nitrogens with one attached hydrogen (secondary N) is 1. The predicted molar refractivity (Wildman–Crippen MR) is 114 cm³/mol. The van der Waals surface area contributed by atoms with Crippen molar-refractivity contribution < 1.29 is 0 Å². The summed E-state index contributed by atoms with van der Waals surface area (Å²) < 4.78 is 2.36. The van der Waals surface area contributed by atoms with Gasteiger partial charge in [0, 0.05) is 18.8 Å². The highest BCUT2D eigenvalue weighted by molar-refractivity contribution is 5.82. The molecule has 0 fully saturated rings. The van der Waals surface area contributed by atoms with Crippen molar-refractivity contribution in [2.45, 2.75) is 46.2 Å². The second-order valence-electron chi connectivity index (χ2n) is 7.22. The predicted octanol–water partition coefficient (Wildman–Crippen LogP) is 4.76. The van der Waals surface area contributed by atoms with Crippen LogP contribution in [0.2, 0.25) is 0 Å². The lowest BCUT2D eigenvalue weighted by molar-refractivity contribution is 0.573. The maximum atomic E-state index is 5.68. The lowest BCUT2D eigenvalue weighted by Gasteiger charge is -2.11. The zero-order valence-corrected chi connectivity index (χ0v) is 16.5. The Kier molecular flexibility index (Phi) is 6.30. The fraction of sp³-hybridized carbons (Fsp3) is 0.348. The first kappa shape index (κ1) is 19.2. The van der Waals surface area contributed by atoms with Crippen LogP contribution < -0.4 is 11.1 Å². The van der Waals surface area contributed by atoms with E-state index in [4.69, 9.17) is 10.7 Å². The van der Waals surface area contributed by atoms with Crippen molar-refractivity contribution in [3.63, 3.8) is 0 Å². The third-order valence-electron chi connectivity index (χ3n) is 4.83. The Morgan fingerprint density at radius 1 is 1.11 bits per heavy atom. The molecule has 0 bridgehead atoms. The first-order chi connectivity index (χ1) is 13.1. The van der Waals surface area contributed by atoms with E-state index in [2.05, 4.69) is 72.8 Å². The number of benzene rings is 2. The smallest absolute Gasteiger partial charge is 0.123 e. The van der Waals surface area contributed by atoms with Gasteiger partial charge in [-0.15, -0.1) is 0 Å². The van der Waals surface area contributed by atoms with Gasteiger partial charge in [0.05, 0.1) is 17.6 Å². The number of aromatic nitrogens is 2. The summed E-state index contributed by atoms with van der Waals surface area (Å²) in [5.74, 6) is 1.06. The van der Waals surface area contributed by atoms with Gasteiger partial charge in [-0.1, -0.05) is 62.2 Å². The molecule has 142 valence electrons. The Balaban J connectivity index is 1.95. The van der Waals surface area contributed by atoms with Crippen molar-refractivity contribution in [2.24, 2.45) is 5.73 Å². The second-order valence-corrected chi connectivity index (χ2v) is 7.22. The van der Waals surface area contributed by atoms with Crippen LogP contribution in [0.4, 0.5) is 0 Å². The first-order valence-electron chi connectivity index (χ1n) is 9.78. The molecule has 0 aliphatic rings. The van der Waals surface area contributed by atoms with E-state index in [1.54, 1.807) is 0 Å². The van der Waals surface area contributed by atoms with Crippen molar-refractivity contribution >= 4 is 11.0 Å². The fourth-order valence-electron chi connectivity index (χ4n) is 3.34. The second kappa shape index (κ2) is 8.87. The summed E-state index contributed by atoms with van der Waals surface area (Å²) in [7, 11) is 0. The zero-order valence-electron chi connectivity index (χ0n) is 16.5. The molecule has 1 aromatic heterocycles. The molecule has 2 aromatic carbocycles. The minimum Gasteiger partial charge on any atom is -0.401 e. The Morgan fingerprint density at radius 3 is 2.56 bits per heavy atom. The molecule has 0 amide bonds. The van der Waals surface area contributed by atoms with Crippen molar-refractivity contribution in [1.82, 2.24) is 14.9 Å². The summed E-state index contributed by atoms with van der Waals surface area (Å²) in [6.45, 7) is 10.4. The van der Waals surface area contributed by atoms with Crippen LogP contribution in [-0.2, 0) is 13.1 Å². The molecule has 1 heterocycles. The SMILES string of the molecule is C=C(N)CNCc1nc2ccc(-c3ccc(C)cc3)cc2n1CCCCC. The van der Waals surface area contributed by atoms with Crippen LogP contribution in [0.5, 0.6) is 0 Å². The van der Waals surface area contributed by atoms with E-state index in [0.29, 0.717) is 18.8 Å². The summed E-state index contributed by atoms with van der Waals surface area (Å²) in [5.41, 5.74) is 12.3. The molecule has 4 nitrogen and oxygen atoms in total. The van der Waals surface area contributed by atoms with E-state index in [1.807, 2.05) is 0 Å². The molecule has 0 saturated heterocycles.